The number of carbonyl (C=O) groups excluding carboxylic acids is 1. The van der Waals surface area contributed by atoms with Crippen molar-refractivity contribution in [3.05, 3.63) is 52.6 Å². The van der Waals surface area contributed by atoms with E-state index < -0.39 is 0 Å². The summed E-state index contributed by atoms with van der Waals surface area (Å²) in [5, 5.41) is 3.15. The van der Waals surface area contributed by atoms with Crippen LogP contribution in [-0.4, -0.2) is 20.1 Å². The van der Waals surface area contributed by atoms with E-state index in [4.69, 9.17) is 26.8 Å². The lowest BCUT2D eigenvalue weighted by Gasteiger charge is -2.10. The second-order valence-electron chi connectivity index (χ2n) is 5.14. The second-order valence-corrected chi connectivity index (χ2v) is 5.54. The van der Waals surface area contributed by atoms with Gasteiger partial charge in [0, 0.05) is 11.3 Å². The van der Waals surface area contributed by atoms with Gasteiger partial charge < -0.3 is 20.5 Å². The molecule has 0 atom stereocenters. The lowest BCUT2D eigenvalue weighted by molar-refractivity contribution is -0.112. The number of halogens is 1. The van der Waals surface area contributed by atoms with Crippen molar-refractivity contribution in [1.29, 1.82) is 0 Å². The molecule has 2 aromatic carbocycles. The summed E-state index contributed by atoms with van der Waals surface area (Å²) < 4.78 is 10.5. The van der Waals surface area contributed by atoms with Crippen molar-refractivity contribution in [2.24, 2.45) is 0 Å². The SMILES string of the molecule is COc1ccc(/C=C(\C)C(=O)Nc2ccc(N)cc2Cl)cc1OC. The summed E-state index contributed by atoms with van der Waals surface area (Å²) in [7, 11) is 3.14. The maximum Gasteiger partial charge on any atom is 0.251 e. The topological polar surface area (TPSA) is 73.6 Å². The van der Waals surface area contributed by atoms with Crippen LogP contribution >= 0.6 is 11.6 Å². The second kappa shape index (κ2) is 7.75. The molecule has 24 heavy (non-hydrogen) atoms. The average molecular weight is 347 g/mol. The molecule has 0 fully saturated rings. The molecule has 5 nitrogen and oxygen atoms in total. The molecule has 0 aliphatic carbocycles. The first kappa shape index (κ1) is 17.7. The van der Waals surface area contributed by atoms with Crippen LogP contribution in [0.2, 0.25) is 5.02 Å². The van der Waals surface area contributed by atoms with E-state index in [-0.39, 0.29) is 5.91 Å². The molecule has 0 aliphatic rings. The zero-order chi connectivity index (χ0) is 17.7. The molecular weight excluding hydrogens is 328 g/mol. The third kappa shape index (κ3) is 4.20. The zero-order valence-corrected chi connectivity index (χ0v) is 14.5. The van der Waals surface area contributed by atoms with Gasteiger partial charge in [0.25, 0.3) is 5.91 Å². The van der Waals surface area contributed by atoms with Gasteiger partial charge in [-0.05, 0) is 48.9 Å². The van der Waals surface area contributed by atoms with Gasteiger partial charge in [-0.3, -0.25) is 4.79 Å². The monoisotopic (exact) mass is 346 g/mol. The Morgan fingerprint density at radius 3 is 2.46 bits per heavy atom. The number of rotatable bonds is 5. The highest BCUT2D eigenvalue weighted by Crippen LogP contribution is 2.29. The Bertz CT molecular complexity index is 788. The van der Waals surface area contributed by atoms with Gasteiger partial charge >= 0.3 is 0 Å². The molecule has 0 saturated carbocycles. The van der Waals surface area contributed by atoms with Crippen molar-refractivity contribution >= 4 is 35.0 Å². The molecule has 0 aliphatic heterocycles. The Kier molecular flexibility index (Phi) is 5.71. The largest absolute Gasteiger partial charge is 0.493 e. The van der Waals surface area contributed by atoms with Gasteiger partial charge in [0.05, 0.1) is 24.9 Å². The van der Waals surface area contributed by atoms with E-state index >= 15 is 0 Å². The van der Waals surface area contributed by atoms with Crippen LogP contribution in [0.3, 0.4) is 0 Å². The Labute approximate surface area is 146 Å². The summed E-state index contributed by atoms with van der Waals surface area (Å²) in [6, 6.07) is 10.4. The van der Waals surface area contributed by atoms with Crippen LogP contribution in [0.25, 0.3) is 6.08 Å². The van der Waals surface area contributed by atoms with E-state index in [0.29, 0.717) is 33.5 Å². The Morgan fingerprint density at radius 1 is 1.12 bits per heavy atom. The highest BCUT2D eigenvalue weighted by molar-refractivity contribution is 6.34. The number of carbonyl (C=O) groups is 1. The molecule has 3 N–H and O–H groups in total. The number of nitrogens with one attached hydrogen (secondary N) is 1. The van der Waals surface area contributed by atoms with Crippen molar-refractivity contribution in [2.45, 2.75) is 6.92 Å². The lowest BCUT2D eigenvalue weighted by atomic mass is 10.1. The minimum absolute atomic E-state index is 0.253. The van der Waals surface area contributed by atoms with Gasteiger partial charge in [0.2, 0.25) is 0 Å². The van der Waals surface area contributed by atoms with Crippen LogP contribution in [0.15, 0.2) is 42.0 Å². The minimum atomic E-state index is -0.253. The van der Waals surface area contributed by atoms with Crippen LogP contribution in [0.4, 0.5) is 11.4 Å². The van der Waals surface area contributed by atoms with Crippen molar-refractivity contribution in [3.63, 3.8) is 0 Å². The smallest absolute Gasteiger partial charge is 0.251 e. The summed E-state index contributed by atoms with van der Waals surface area (Å²) >= 11 is 6.07. The van der Waals surface area contributed by atoms with Crippen LogP contribution in [-0.2, 0) is 4.79 Å². The first-order valence-corrected chi connectivity index (χ1v) is 7.59. The summed E-state index contributed by atoms with van der Waals surface area (Å²) in [4.78, 5) is 12.3. The fraction of sp³-hybridized carbons (Fsp3) is 0.167. The number of hydrogen-bond acceptors (Lipinski definition) is 4. The Hall–Kier alpha value is -2.66. The van der Waals surface area contributed by atoms with Crippen molar-refractivity contribution in [2.75, 3.05) is 25.3 Å². The predicted octanol–water partition coefficient (Wildman–Crippen LogP) is 3.98. The molecule has 0 heterocycles. The van der Waals surface area contributed by atoms with Gasteiger partial charge in [-0.15, -0.1) is 0 Å². The molecule has 2 aromatic rings. The van der Waals surface area contributed by atoms with Crippen molar-refractivity contribution in [1.82, 2.24) is 0 Å². The first-order valence-electron chi connectivity index (χ1n) is 7.21. The van der Waals surface area contributed by atoms with Crippen molar-refractivity contribution in [3.8, 4) is 11.5 Å². The fourth-order valence-electron chi connectivity index (χ4n) is 2.11. The molecule has 0 aromatic heterocycles. The van der Waals surface area contributed by atoms with E-state index in [1.807, 2.05) is 6.07 Å². The number of amides is 1. The summed E-state index contributed by atoms with van der Waals surface area (Å²) in [5.41, 5.74) is 8.03. The maximum atomic E-state index is 12.3. The van der Waals surface area contributed by atoms with Gasteiger partial charge in [0.15, 0.2) is 11.5 Å². The standard InChI is InChI=1S/C18H19ClN2O3/c1-11(8-12-4-7-16(23-2)17(9-12)24-3)18(22)21-15-6-5-13(20)10-14(15)19/h4-10H,20H2,1-3H3,(H,21,22)/b11-8+. The quantitative estimate of drug-likeness (QED) is 0.634. The number of ether oxygens (including phenoxy) is 2. The van der Waals surface area contributed by atoms with E-state index in [0.717, 1.165) is 5.56 Å². The minimum Gasteiger partial charge on any atom is -0.493 e. The molecule has 6 heteroatoms. The molecule has 0 radical (unpaired) electrons. The van der Waals surface area contributed by atoms with E-state index in [9.17, 15) is 4.79 Å². The van der Waals surface area contributed by atoms with Crippen LogP contribution < -0.4 is 20.5 Å². The molecular formula is C18H19ClN2O3. The zero-order valence-electron chi connectivity index (χ0n) is 13.7. The normalized spacial score (nSPS) is 11.1. The predicted molar refractivity (Wildman–Crippen MR) is 97.7 cm³/mol. The van der Waals surface area contributed by atoms with E-state index in [1.54, 1.807) is 57.6 Å². The third-order valence-electron chi connectivity index (χ3n) is 3.39. The third-order valence-corrected chi connectivity index (χ3v) is 3.70. The summed E-state index contributed by atoms with van der Waals surface area (Å²) in [6.07, 6.45) is 1.75. The lowest BCUT2D eigenvalue weighted by Crippen LogP contribution is -2.13. The van der Waals surface area contributed by atoms with Gasteiger partial charge in [-0.2, -0.15) is 0 Å². The molecule has 0 bridgehead atoms. The molecule has 2 rings (SSSR count). The van der Waals surface area contributed by atoms with E-state index in [2.05, 4.69) is 5.32 Å². The fourth-order valence-corrected chi connectivity index (χ4v) is 2.35. The van der Waals surface area contributed by atoms with Crippen molar-refractivity contribution < 1.29 is 14.3 Å². The maximum absolute atomic E-state index is 12.3. The molecule has 0 spiro atoms. The molecule has 0 unspecified atom stereocenters. The number of anilines is 2. The molecule has 126 valence electrons. The number of nitrogens with two attached hydrogens (primary N) is 1. The number of hydrogen-bond donors (Lipinski definition) is 2. The number of methoxy groups -OCH3 is 2. The van der Waals surface area contributed by atoms with Crippen LogP contribution in [0.5, 0.6) is 11.5 Å². The number of nitrogen functional groups attached to an aromatic ring is 1. The summed E-state index contributed by atoms with van der Waals surface area (Å²) in [6.45, 7) is 1.72. The van der Waals surface area contributed by atoms with Crippen LogP contribution in [0, 0.1) is 0 Å². The first-order chi connectivity index (χ1) is 11.4. The van der Waals surface area contributed by atoms with Gasteiger partial charge in [-0.25, -0.2) is 0 Å². The highest BCUT2D eigenvalue weighted by Gasteiger charge is 2.09. The molecule has 1 amide bonds. The summed E-state index contributed by atoms with van der Waals surface area (Å²) in [5.74, 6) is 0.975. The highest BCUT2D eigenvalue weighted by atomic mass is 35.5. The Morgan fingerprint density at radius 2 is 1.83 bits per heavy atom. The van der Waals surface area contributed by atoms with E-state index in [1.165, 1.54) is 0 Å². The number of benzene rings is 2. The Balaban J connectivity index is 2.19. The average Bonchev–Trinajstić information content (AvgIpc) is 2.57. The van der Waals surface area contributed by atoms with Gasteiger partial charge in [0.1, 0.15) is 0 Å². The van der Waals surface area contributed by atoms with Crippen LogP contribution in [0.1, 0.15) is 12.5 Å². The molecule has 0 saturated heterocycles. The van der Waals surface area contributed by atoms with Gasteiger partial charge in [-0.1, -0.05) is 17.7 Å².